The van der Waals surface area contributed by atoms with Gasteiger partial charge >= 0.3 is 0 Å². The summed E-state index contributed by atoms with van der Waals surface area (Å²) in [6.07, 6.45) is 3.80. The molecule has 0 heterocycles. The Hall–Kier alpha value is -2.82. The lowest BCUT2D eigenvalue weighted by Crippen LogP contribution is -2.09. The molecule has 0 unspecified atom stereocenters. The summed E-state index contributed by atoms with van der Waals surface area (Å²) in [4.78, 5) is 0. The van der Waals surface area contributed by atoms with Crippen LogP contribution in [-0.2, 0) is 6.42 Å². The van der Waals surface area contributed by atoms with Crippen LogP contribution >= 0.6 is 0 Å². The lowest BCUT2D eigenvalue weighted by atomic mass is 9.78. The van der Waals surface area contributed by atoms with Gasteiger partial charge in [-0.1, -0.05) is 31.9 Å². The molecule has 0 spiro atoms. The fraction of sp³-hybridized carbons (Fsp3) is 0.280. The number of hydrogen-bond acceptors (Lipinski definition) is 1. The molecule has 0 amide bonds. The number of rotatable bonds is 7. The molecule has 0 atom stereocenters. The highest BCUT2D eigenvalue weighted by Crippen LogP contribution is 2.53. The number of halogens is 4. The first kappa shape index (κ1) is 20.5. The third kappa shape index (κ3) is 3.26. The molecule has 156 valence electrons. The number of fused-ring (bicyclic) bond motifs is 4. The van der Waals surface area contributed by atoms with Gasteiger partial charge in [0, 0.05) is 22.3 Å². The zero-order valence-corrected chi connectivity index (χ0v) is 16.9. The number of unbranched alkanes of at least 4 members (excludes halogenated alkanes) is 2. The molecule has 0 fully saturated rings. The number of hydrogen-bond donors (Lipinski definition) is 0. The van der Waals surface area contributed by atoms with Crippen LogP contribution in [0, 0.1) is 23.3 Å². The van der Waals surface area contributed by atoms with Crippen molar-refractivity contribution in [2.75, 3.05) is 6.61 Å². The van der Waals surface area contributed by atoms with Gasteiger partial charge in [0.25, 0.3) is 0 Å². The van der Waals surface area contributed by atoms with Crippen molar-refractivity contribution < 1.29 is 22.3 Å². The van der Waals surface area contributed by atoms with Gasteiger partial charge in [0.1, 0.15) is 5.82 Å². The molecule has 4 rings (SSSR count). The maximum atomic E-state index is 14.9. The first-order chi connectivity index (χ1) is 14.5. The predicted molar refractivity (Wildman–Crippen MR) is 111 cm³/mol. The van der Waals surface area contributed by atoms with E-state index in [0.717, 1.165) is 31.2 Å². The van der Waals surface area contributed by atoms with E-state index in [2.05, 4.69) is 6.92 Å². The van der Waals surface area contributed by atoms with Crippen LogP contribution in [0.5, 0.6) is 5.75 Å². The van der Waals surface area contributed by atoms with Crippen LogP contribution < -0.4 is 4.74 Å². The van der Waals surface area contributed by atoms with Crippen molar-refractivity contribution in [2.24, 2.45) is 0 Å². The van der Waals surface area contributed by atoms with E-state index in [-0.39, 0.29) is 34.6 Å². The molecule has 0 N–H and O–H groups in total. The van der Waals surface area contributed by atoms with E-state index in [4.69, 9.17) is 4.74 Å². The molecule has 0 saturated carbocycles. The van der Waals surface area contributed by atoms with Crippen LogP contribution in [0.15, 0.2) is 36.4 Å². The molecule has 0 saturated heterocycles. The number of aryl methyl sites for hydroxylation is 1. The lowest BCUT2D eigenvalue weighted by Gasteiger charge is -2.27. The number of ether oxygens (including phenoxy) is 1. The minimum Gasteiger partial charge on any atom is -0.491 e. The summed E-state index contributed by atoms with van der Waals surface area (Å²) in [5.74, 6) is -3.67. The maximum Gasteiger partial charge on any atom is 0.173 e. The fourth-order valence-electron chi connectivity index (χ4n) is 4.02. The third-order valence-corrected chi connectivity index (χ3v) is 5.55. The highest BCUT2D eigenvalue weighted by molar-refractivity contribution is 6.05. The van der Waals surface area contributed by atoms with Gasteiger partial charge in [0.2, 0.25) is 0 Å². The molecular weight excluding hydrogens is 392 g/mol. The zero-order chi connectivity index (χ0) is 21.4. The van der Waals surface area contributed by atoms with E-state index in [1.807, 2.05) is 0 Å². The average Bonchev–Trinajstić information content (AvgIpc) is 2.71. The first-order valence-electron chi connectivity index (χ1n) is 10.2. The van der Waals surface area contributed by atoms with Crippen molar-refractivity contribution in [3.8, 4) is 39.1 Å². The summed E-state index contributed by atoms with van der Waals surface area (Å²) in [5, 5.41) is 0. The maximum absolute atomic E-state index is 14.9. The zero-order valence-electron chi connectivity index (χ0n) is 16.9. The molecule has 30 heavy (non-hydrogen) atoms. The Kier molecular flexibility index (Phi) is 5.54. The topological polar surface area (TPSA) is 9.23 Å². The summed E-state index contributed by atoms with van der Waals surface area (Å²) in [6, 6.07) is 9.08. The quantitative estimate of drug-likeness (QED) is 0.222. The Morgan fingerprint density at radius 1 is 0.700 bits per heavy atom. The van der Waals surface area contributed by atoms with Gasteiger partial charge in [-0.2, -0.15) is 0 Å². The van der Waals surface area contributed by atoms with Gasteiger partial charge < -0.3 is 4.74 Å². The Morgan fingerprint density at radius 2 is 1.43 bits per heavy atom. The van der Waals surface area contributed by atoms with Crippen LogP contribution in [0.2, 0.25) is 0 Å². The second kappa shape index (κ2) is 8.13. The summed E-state index contributed by atoms with van der Waals surface area (Å²) < 4.78 is 64.4. The van der Waals surface area contributed by atoms with Gasteiger partial charge in [0.15, 0.2) is 23.2 Å². The van der Waals surface area contributed by atoms with Crippen molar-refractivity contribution >= 4 is 0 Å². The van der Waals surface area contributed by atoms with Gasteiger partial charge in [-0.25, -0.2) is 17.6 Å². The van der Waals surface area contributed by atoms with E-state index in [9.17, 15) is 17.6 Å². The predicted octanol–water partition coefficient (Wildman–Crippen LogP) is 7.69. The average molecular weight is 414 g/mol. The molecule has 1 nitrogen and oxygen atoms in total. The largest absolute Gasteiger partial charge is 0.491 e. The van der Waals surface area contributed by atoms with E-state index in [1.165, 1.54) is 24.3 Å². The Labute approximate surface area is 173 Å². The summed E-state index contributed by atoms with van der Waals surface area (Å²) >= 11 is 0. The van der Waals surface area contributed by atoms with Crippen molar-refractivity contribution in [1.82, 2.24) is 0 Å². The molecular formula is C25H22F4O. The third-order valence-electron chi connectivity index (χ3n) is 5.55. The van der Waals surface area contributed by atoms with Crippen molar-refractivity contribution in [2.45, 2.75) is 39.5 Å². The smallest absolute Gasteiger partial charge is 0.173 e. The SMILES string of the molecule is CCCCCc1ccc(-c2cc3c(c(F)c2F)-c2c-3ccc(OCC)c2F)c(F)c1. The van der Waals surface area contributed by atoms with Gasteiger partial charge in [-0.15, -0.1) is 0 Å². The molecule has 3 aromatic rings. The minimum absolute atomic E-state index is 0.00418. The molecule has 0 aromatic heterocycles. The second-order valence-electron chi connectivity index (χ2n) is 7.48. The lowest BCUT2D eigenvalue weighted by molar-refractivity contribution is 0.322. The second-order valence-corrected chi connectivity index (χ2v) is 7.48. The van der Waals surface area contributed by atoms with Crippen molar-refractivity contribution in [3.05, 3.63) is 65.2 Å². The monoisotopic (exact) mass is 414 g/mol. The number of benzene rings is 3. The van der Waals surface area contributed by atoms with E-state index < -0.39 is 23.3 Å². The van der Waals surface area contributed by atoms with Crippen LogP contribution in [0.25, 0.3) is 33.4 Å². The minimum atomic E-state index is -1.18. The Bertz CT molecular complexity index is 1120. The van der Waals surface area contributed by atoms with E-state index >= 15 is 0 Å². The van der Waals surface area contributed by atoms with E-state index in [1.54, 1.807) is 19.1 Å². The fourth-order valence-corrected chi connectivity index (χ4v) is 4.02. The van der Waals surface area contributed by atoms with Crippen molar-refractivity contribution in [3.63, 3.8) is 0 Å². The summed E-state index contributed by atoms with van der Waals surface area (Å²) in [5.41, 5.74) is 1.37. The van der Waals surface area contributed by atoms with Crippen molar-refractivity contribution in [1.29, 1.82) is 0 Å². The first-order valence-corrected chi connectivity index (χ1v) is 10.2. The van der Waals surface area contributed by atoms with Crippen LogP contribution in [0.4, 0.5) is 17.6 Å². The van der Waals surface area contributed by atoms with Crippen LogP contribution in [-0.4, -0.2) is 6.61 Å². The Morgan fingerprint density at radius 3 is 2.13 bits per heavy atom. The highest BCUT2D eigenvalue weighted by Gasteiger charge is 2.34. The molecule has 1 aliphatic rings. The van der Waals surface area contributed by atoms with Gasteiger partial charge in [-0.3, -0.25) is 0 Å². The molecule has 0 aliphatic heterocycles. The summed E-state index contributed by atoms with van der Waals surface area (Å²) in [7, 11) is 0. The van der Waals surface area contributed by atoms with Gasteiger partial charge in [0.05, 0.1) is 6.61 Å². The van der Waals surface area contributed by atoms with E-state index in [0.29, 0.717) is 11.1 Å². The molecule has 3 aromatic carbocycles. The Balaban J connectivity index is 1.74. The van der Waals surface area contributed by atoms with Gasteiger partial charge in [-0.05, 0) is 60.7 Å². The molecule has 5 heteroatoms. The standard InChI is InChI=1S/C25H22F4O/c1-3-5-6-7-14-8-9-15(19(26)12-14)18-13-17-16-10-11-20(30-4-2)24(28)21(16)22(17)25(29)23(18)27/h8-13H,3-7H2,1-2H3. The van der Waals surface area contributed by atoms with Crippen LogP contribution in [0.1, 0.15) is 38.7 Å². The molecule has 0 radical (unpaired) electrons. The molecule has 1 aliphatic carbocycles. The van der Waals surface area contributed by atoms with Crippen LogP contribution in [0.3, 0.4) is 0 Å². The summed E-state index contributed by atoms with van der Waals surface area (Å²) in [6.45, 7) is 4.06. The molecule has 0 bridgehead atoms. The highest BCUT2D eigenvalue weighted by atomic mass is 19.2. The normalized spacial score (nSPS) is 11.7.